The number of aromatic nitrogens is 2. The Labute approximate surface area is 115 Å². The van der Waals surface area contributed by atoms with Gasteiger partial charge in [-0.2, -0.15) is 0 Å². The van der Waals surface area contributed by atoms with E-state index in [0.717, 1.165) is 17.9 Å². The van der Waals surface area contributed by atoms with Crippen molar-refractivity contribution < 1.29 is 0 Å². The summed E-state index contributed by atoms with van der Waals surface area (Å²) in [6.45, 7) is 0. The quantitative estimate of drug-likeness (QED) is 0.916. The molecule has 0 amide bonds. The van der Waals surface area contributed by atoms with E-state index in [1.165, 1.54) is 11.1 Å². The van der Waals surface area contributed by atoms with Crippen LogP contribution in [0.2, 0.25) is 10.0 Å². The third kappa shape index (κ3) is 2.28. The van der Waals surface area contributed by atoms with E-state index >= 15 is 0 Å². The molecular formula is C13H11Cl2N3. The van der Waals surface area contributed by atoms with Crippen LogP contribution in [0.3, 0.4) is 0 Å². The Balaban J connectivity index is 1.79. The largest absolute Gasteiger partial charge is 0.351 e. The molecule has 0 spiro atoms. The molecule has 0 aliphatic heterocycles. The molecule has 0 radical (unpaired) electrons. The van der Waals surface area contributed by atoms with Crippen molar-refractivity contribution in [3.63, 3.8) is 0 Å². The molecule has 1 N–H and O–H groups in total. The molecule has 1 aliphatic rings. The van der Waals surface area contributed by atoms with Gasteiger partial charge in [-0.25, -0.2) is 9.97 Å². The number of benzene rings is 1. The van der Waals surface area contributed by atoms with Crippen LogP contribution in [0.25, 0.3) is 0 Å². The summed E-state index contributed by atoms with van der Waals surface area (Å²) in [5.41, 5.74) is 2.38. The molecule has 1 aromatic heterocycles. The second-order valence-corrected chi connectivity index (χ2v) is 5.19. The molecule has 1 aromatic carbocycles. The number of hydrogen-bond donors (Lipinski definition) is 1. The van der Waals surface area contributed by atoms with E-state index in [-0.39, 0.29) is 6.04 Å². The van der Waals surface area contributed by atoms with E-state index in [1.807, 2.05) is 6.07 Å². The maximum absolute atomic E-state index is 6.20. The first-order valence-electron chi connectivity index (χ1n) is 5.73. The smallest absolute Gasteiger partial charge is 0.222 e. The lowest BCUT2D eigenvalue weighted by atomic mass is 10.1. The molecule has 1 heterocycles. The molecular weight excluding hydrogens is 269 g/mol. The standard InChI is InChI=1S/C13H11Cl2N3/c14-9-4-8-5-10(7-11(8)12(15)6-9)18-13-16-2-1-3-17-13/h1-4,6,10H,5,7H2,(H,16,17,18). The van der Waals surface area contributed by atoms with Crippen molar-refractivity contribution in [2.45, 2.75) is 18.9 Å². The second-order valence-electron chi connectivity index (χ2n) is 4.35. The molecule has 0 saturated heterocycles. The Morgan fingerprint density at radius 3 is 2.67 bits per heavy atom. The average Bonchev–Trinajstić information content (AvgIpc) is 2.73. The average molecular weight is 280 g/mol. The Bertz CT molecular complexity index is 572. The molecule has 0 fully saturated rings. The first-order valence-corrected chi connectivity index (χ1v) is 6.48. The lowest BCUT2D eigenvalue weighted by Crippen LogP contribution is -2.20. The van der Waals surface area contributed by atoms with Crippen LogP contribution in [-0.4, -0.2) is 16.0 Å². The zero-order valence-corrected chi connectivity index (χ0v) is 11.0. The molecule has 0 bridgehead atoms. The lowest BCUT2D eigenvalue weighted by molar-refractivity contribution is 0.761. The Hall–Kier alpha value is -1.32. The minimum atomic E-state index is 0.276. The van der Waals surface area contributed by atoms with Gasteiger partial charge in [0.2, 0.25) is 5.95 Å². The van der Waals surface area contributed by atoms with Crippen LogP contribution in [0.15, 0.2) is 30.6 Å². The predicted molar refractivity (Wildman–Crippen MR) is 73.3 cm³/mol. The van der Waals surface area contributed by atoms with Crippen LogP contribution in [0.5, 0.6) is 0 Å². The fraction of sp³-hybridized carbons (Fsp3) is 0.231. The van der Waals surface area contributed by atoms with Gasteiger partial charge in [-0.15, -0.1) is 0 Å². The number of anilines is 1. The first-order chi connectivity index (χ1) is 8.72. The van der Waals surface area contributed by atoms with Crippen LogP contribution in [0.4, 0.5) is 5.95 Å². The molecule has 1 aliphatic carbocycles. The van der Waals surface area contributed by atoms with Gasteiger partial charge in [-0.3, -0.25) is 0 Å². The highest BCUT2D eigenvalue weighted by Gasteiger charge is 2.24. The molecule has 2 aromatic rings. The number of nitrogens with one attached hydrogen (secondary N) is 1. The van der Waals surface area contributed by atoms with Crippen molar-refractivity contribution in [1.29, 1.82) is 0 Å². The highest BCUT2D eigenvalue weighted by molar-refractivity contribution is 6.35. The monoisotopic (exact) mass is 279 g/mol. The van der Waals surface area contributed by atoms with E-state index in [1.54, 1.807) is 24.5 Å². The van der Waals surface area contributed by atoms with E-state index in [9.17, 15) is 0 Å². The van der Waals surface area contributed by atoms with E-state index in [4.69, 9.17) is 23.2 Å². The summed E-state index contributed by atoms with van der Waals surface area (Å²) in [7, 11) is 0. The van der Waals surface area contributed by atoms with Gasteiger partial charge in [-0.1, -0.05) is 23.2 Å². The van der Waals surface area contributed by atoms with Crippen LogP contribution < -0.4 is 5.32 Å². The van der Waals surface area contributed by atoms with Crippen LogP contribution in [-0.2, 0) is 12.8 Å². The topological polar surface area (TPSA) is 37.8 Å². The summed E-state index contributed by atoms with van der Waals surface area (Å²) in [5.74, 6) is 0.650. The molecule has 1 unspecified atom stereocenters. The Morgan fingerprint density at radius 1 is 1.11 bits per heavy atom. The molecule has 92 valence electrons. The highest BCUT2D eigenvalue weighted by Crippen LogP contribution is 2.32. The van der Waals surface area contributed by atoms with Crippen LogP contribution >= 0.6 is 23.2 Å². The van der Waals surface area contributed by atoms with E-state index < -0.39 is 0 Å². The van der Waals surface area contributed by atoms with Crippen molar-refractivity contribution in [1.82, 2.24) is 9.97 Å². The van der Waals surface area contributed by atoms with E-state index in [2.05, 4.69) is 15.3 Å². The summed E-state index contributed by atoms with van der Waals surface area (Å²) >= 11 is 12.2. The maximum Gasteiger partial charge on any atom is 0.222 e. The zero-order valence-electron chi connectivity index (χ0n) is 9.53. The highest BCUT2D eigenvalue weighted by atomic mass is 35.5. The third-order valence-electron chi connectivity index (χ3n) is 3.07. The van der Waals surface area contributed by atoms with Gasteiger partial charge in [0.1, 0.15) is 0 Å². The van der Waals surface area contributed by atoms with Gasteiger partial charge in [0.25, 0.3) is 0 Å². The zero-order chi connectivity index (χ0) is 12.5. The summed E-state index contributed by atoms with van der Waals surface area (Å²) in [6.07, 6.45) is 5.22. The normalized spacial score (nSPS) is 17.6. The number of halogens is 2. The SMILES string of the molecule is Clc1cc(Cl)c2c(c1)CC(Nc1ncccn1)C2. The number of fused-ring (bicyclic) bond motifs is 1. The molecule has 3 rings (SSSR count). The summed E-state index contributed by atoms with van der Waals surface area (Å²) in [5, 5.41) is 4.75. The van der Waals surface area contributed by atoms with Crippen molar-refractivity contribution in [3.8, 4) is 0 Å². The van der Waals surface area contributed by atoms with Crippen molar-refractivity contribution >= 4 is 29.2 Å². The first kappa shape index (κ1) is 11.8. The van der Waals surface area contributed by atoms with Gasteiger partial charge >= 0.3 is 0 Å². The Kier molecular flexibility index (Phi) is 3.10. The Morgan fingerprint density at radius 2 is 1.89 bits per heavy atom. The maximum atomic E-state index is 6.20. The fourth-order valence-corrected chi connectivity index (χ4v) is 2.92. The summed E-state index contributed by atoms with van der Waals surface area (Å²) < 4.78 is 0. The van der Waals surface area contributed by atoms with Gasteiger partial charge in [0.05, 0.1) is 0 Å². The van der Waals surface area contributed by atoms with Crippen molar-refractivity contribution in [2.75, 3.05) is 5.32 Å². The number of nitrogens with zero attached hydrogens (tertiary/aromatic N) is 2. The lowest BCUT2D eigenvalue weighted by Gasteiger charge is -2.10. The molecule has 3 nitrogen and oxygen atoms in total. The second kappa shape index (κ2) is 4.75. The number of rotatable bonds is 2. The molecule has 18 heavy (non-hydrogen) atoms. The predicted octanol–water partition coefficient (Wildman–Crippen LogP) is 3.36. The summed E-state index contributed by atoms with van der Waals surface area (Å²) in [4.78, 5) is 8.33. The molecule has 5 heteroatoms. The van der Waals surface area contributed by atoms with Crippen LogP contribution in [0, 0.1) is 0 Å². The molecule has 1 atom stereocenters. The van der Waals surface area contributed by atoms with Gasteiger partial charge in [0, 0.05) is 28.5 Å². The van der Waals surface area contributed by atoms with Crippen LogP contribution in [0.1, 0.15) is 11.1 Å². The van der Waals surface area contributed by atoms with Gasteiger partial charge in [0.15, 0.2) is 0 Å². The summed E-state index contributed by atoms with van der Waals surface area (Å²) in [6, 6.07) is 5.85. The third-order valence-corrected chi connectivity index (χ3v) is 3.62. The molecule has 0 saturated carbocycles. The van der Waals surface area contributed by atoms with Crippen molar-refractivity contribution in [3.05, 3.63) is 51.8 Å². The fourth-order valence-electron chi connectivity index (χ4n) is 2.31. The van der Waals surface area contributed by atoms with Crippen molar-refractivity contribution in [2.24, 2.45) is 0 Å². The van der Waals surface area contributed by atoms with Gasteiger partial charge < -0.3 is 5.32 Å². The van der Waals surface area contributed by atoms with Gasteiger partial charge in [-0.05, 0) is 42.2 Å². The number of hydrogen-bond acceptors (Lipinski definition) is 3. The minimum absolute atomic E-state index is 0.276. The minimum Gasteiger partial charge on any atom is -0.351 e. The van der Waals surface area contributed by atoms with E-state index in [0.29, 0.717) is 11.0 Å².